The molecule has 1 N–H and O–H groups in total. The molecule has 1 aromatic carbocycles. The summed E-state index contributed by atoms with van der Waals surface area (Å²) < 4.78 is 9.79. The fourth-order valence-electron chi connectivity index (χ4n) is 1.20. The minimum atomic E-state index is 0.172. The van der Waals surface area contributed by atoms with Crippen LogP contribution in [0.2, 0.25) is 0 Å². The second kappa shape index (κ2) is 4.10. The van der Waals surface area contributed by atoms with Gasteiger partial charge in [-0.1, -0.05) is 17.3 Å². The maximum Gasteiger partial charge on any atom is 0.252 e. The zero-order valence-corrected chi connectivity index (χ0v) is 8.17. The topological polar surface area (TPSA) is 68.4 Å². The third kappa shape index (κ3) is 2.13. The lowest BCUT2D eigenvalue weighted by atomic mass is 10.2. The van der Waals surface area contributed by atoms with Crippen molar-refractivity contribution in [3.05, 3.63) is 30.2 Å². The summed E-state index contributed by atoms with van der Waals surface area (Å²) in [5.74, 6) is 1.03. The van der Waals surface area contributed by atoms with Crippen LogP contribution in [0.25, 0.3) is 11.4 Å². The summed E-state index contributed by atoms with van der Waals surface area (Å²) in [6.07, 6.45) is 0. The molecule has 78 valence electrons. The molecule has 5 heteroatoms. The van der Waals surface area contributed by atoms with Crippen molar-refractivity contribution in [2.75, 3.05) is 7.11 Å². The van der Waals surface area contributed by atoms with Crippen LogP contribution in [0.3, 0.4) is 0 Å². The molecule has 0 fully saturated rings. The van der Waals surface area contributed by atoms with Gasteiger partial charge in [-0.2, -0.15) is 4.98 Å². The normalized spacial score (nSPS) is 10.5. The zero-order chi connectivity index (χ0) is 10.7. The molecular formula is C10H10N2O3. The van der Waals surface area contributed by atoms with Crippen molar-refractivity contribution in [3.8, 4) is 17.1 Å². The van der Waals surface area contributed by atoms with E-state index in [9.17, 15) is 5.11 Å². The molecule has 0 spiro atoms. The molecule has 15 heavy (non-hydrogen) atoms. The van der Waals surface area contributed by atoms with E-state index in [4.69, 9.17) is 9.26 Å². The van der Waals surface area contributed by atoms with Crippen LogP contribution >= 0.6 is 0 Å². The number of hydrogen-bond donors (Lipinski definition) is 1. The van der Waals surface area contributed by atoms with Crippen molar-refractivity contribution in [2.45, 2.75) is 6.61 Å². The minimum Gasteiger partial charge on any atom is -0.508 e. The maximum atomic E-state index is 9.27. The first-order valence-corrected chi connectivity index (χ1v) is 4.40. The Kier molecular flexibility index (Phi) is 2.64. The molecule has 0 saturated carbocycles. The number of aromatic hydroxyl groups is 1. The summed E-state index contributed by atoms with van der Waals surface area (Å²) in [7, 11) is 1.55. The molecule has 1 heterocycles. The van der Waals surface area contributed by atoms with Gasteiger partial charge in [-0.3, -0.25) is 0 Å². The molecule has 0 bridgehead atoms. The predicted molar refractivity (Wildman–Crippen MR) is 52.1 cm³/mol. The van der Waals surface area contributed by atoms with Crippen molar-refractivity contribution in [2.24, 2.45) is 0 Å². The summed E-state index contributed by atoms with van der Waals surface area (Å²) in [5, 5.41) is 13.0. The number of phenols is 1. The van der Waals surface area contributed by atoms with Crippen LogP contribution in [0.4, 0.5) is 0 Å². The number of benzene rings is 1. The van der Waals surface area contributed by atoms with Gasteiger partial charge in [0.25, 0.3) is 5.89 Å². The number of nitrogens with zero attached hydrogens (tertiary/aromatic N) is 2. The first-order chi connectivity index (χ1) is 7.29. The Morgan fingerprint density at radius 2 is 2.33 bits per heavy atom. The van der Waals surface area contributed by atoms with E-state index in [2.05, 4.69) is 10.1 Å². The van der Waals surface area contributed by atoms with Crippen molar-refractivity contribution in [1.29, 1.82) is 0 Å². The highest BCUT2D eigenvalue weighted by Crippen LogP contribution is 2.20. The lowest BCUT2D eigenvalue weighted by molar-refractivity contribution is 0.151. The quantitative estimate of drug-likeness (QED) is 0.825. The standard InChI is InChI=1S/C10H10N2O3/c1-14-6-9-11-10(12-15-9)7-3-2-4-8(13)5-7/h2-5,13H,6H2,1H3. The third-order valence-corrected chi connectivity index (χ3v) is 1.84. The SMILES string of the molecule is COCc1nc(-c2cccc(O)c2)no1. The van der Waals surface area contributed by atoms with Crippen LogP contribution in [0.5, 0.6) is 5.75 Å². The molecule has 0 saturated heterocycles. The van der Waals surface area contributed by atoms with Crippen LogP contribution in [-0.4, -0.2) is 22.4 Å². The van der Waals surface area contributed by atoms with Crippen molar-refractivity contribution < 1.29 is 14.4 Å². The van der Waals surface area contributed by atoms with Gasteiger partial charge in [0.1, 0.15) is 12.4 Å². The van der Waals surface area contributed by atoms with Gasteiger partial charge in [-0.05, 0) is 12.1 Å². The molecule has 5 nitrogen and oxygen atoms in total. The van der Waals surface area contributed by atoms with E-state index in [0.717, 1.165) is 0 Å². The van der Waals surface area contributed by atoms with E-state index in [1.165, 1.54) is 0 Å². The van der Waals surface area contributed by atoms with Crippen molar-refractivity contribution in [3.63, 3.8) is 0 Å². The lowest BCUT2D eigenvalue weighted by Crippen LogP contribution is -1.86. The smallest absolute Gasteiger partial charge is 0.252 e. The summed E-state index contributed by atoms with van der Waals surface area (Å²) in [6, 6.07) is 6.67. The van der Waals surface area contributed by atoms with E-state index in [0.29, 0.717) is 17.3 Å². The van der Waals surface area contributed by atoms with Gasteiger partial charge in [0, 0.05) is 12.7 Å². The number of methoxy groups -OCH3 is 1. The molecule has 0 aliphatic carbocycles. The third-order valence-electron chi connectivity index (χ3n) is 1.84. The van der Waals surface area contributed by atoms with Gasteiger partial charge >= 0.3 is 0 Å². The first-order valence-electron chi connectivity index (χ1n) is 4.40. The highest BCUT2D eigenvalue weighted by Gasteiger charge is 2.08. The summed E-state index contributed by atoms with van der Waals surface area (Å²) in [6.45, 7) is 0.284. The average Bonchev–Trinajstić information content (AvgIpc) is 2.67. The van der Waals surface area contributed by atoms with E-state index in [-0.39, 0.29) is 12.4 Å². The molecule has 2 rings (SSSR count). The molecule has 0 amide bonds. The van der Waals surface area contributed by atoms with Crippen LogP contribution in [0.15, 0.2) is 28.8 Å². The number of ether oxygens (including phenoxy) is 1. The number of hydrogen-bond acceptors (Lipinski definition) is 5. The number of rotatable bonds is 3. The molecule has 0 unspecified atom stereocenters. The summed E-state index contributed by atoms with van der Waals surface area (Å²) in [5.41, 5.74) is 0.709. The Morgan fingerprint density at radius 1 is 1.47 bits per heavy atom. The molecular weight excluding hydrogens is 196 g/mol. The van der Waals surface area contributed by atoms with Gasteiger partial charge in [0.15, 0.2) is 0 Å². The highest BCUT2D eigenvalue weighted by atomic mass is 16.5. The first kappa shape index (κ1) is 9.67. The zero-order valence-electron chi connectivity index (χ0n) is 8.17. The van der Waals surface area contributed by atoms with E-state index in [1.807, 2.05) is 0 Å². The molecule has 0 atom stereocenters. The molecule has 0 radical (unpaired) electrons. The number of phenolic OH excluding ortho intramolecular Hbond substituents is 1. The predicted octanol–water partition coefficient (Wildman–Crippen LogP) is 1.59. The van der Waals surface area contributed by atoms with Crippen molar-refractivity contribution in [1.82, 2.24) is 10.1 Å². The van der Waals surface area contributed by atoms with Crippen LogP contribution in [0.1, 0.15) is 5.89 Å². The molecule has 2 aromatic rings. The molecule has 0 aliphatic rings. The Labute approximate surface area is 86.3 Å². The fourth-order valence-corrected chi connectivity index (χ4v) is 1.20. The van der Waals surface area contributed by atoms with Gasteiger partial charge in [0.05, 0.1) is 0 Å². The van der Waals surface area contributed by atoms with Gasteiger partial charge in [-0.15, -0.1) is 0 Å². The maximum absolute atomic E-state index is 9.27. The Hall–Kier alpha value is -1.88. The highest BCUT2D eigenvalue weighted by molar-refractivity contribution is 5.56. The van der Waals surface area contributed by atoms with E-state index < -0.39 is 0 Å². The average molecular weight is 206 g/mol. The largest absolute Gasteiger partial charge is 0.508 e. The van der Waals surface area contributed by atoms with E-state index in [1.54, 1.807) is 31.4 Å². The Balaban J connectivity index is 2.29. The minimum absolute atomic E-state index is 0.172. The van der Waals surface area contributed by atoms with Crippen LogP contribution in [-0.2, 0) is 11.3 Å². The second-order valence-corrected chi connectivity index (χ2v) is 3.00. The van der Waals surface area contributed by atoms with Crippen LogP contribution < -0.4 is 0 Å². The monoisotopic (exact) mass is 206 g/mol. The number of aromatic nitrogens is 2. The second-order valence-electron chi connectivity index (χ2n) is 3.00. The van der Waals surface area contributed by atoms with E-state index >= 15 is 0 Å². The lowest BCUT2D eigenvalue weighted by Gasteiger charge is -1.94. The van der Waals surface area contributed by atoms with Crippen molar-refractivity contribution >= 4 is 0 Å². The molecule has 1 aromatic heterocycles. The van der Waals surface area contributed by atoms with Gasteiger partial charge in [0.2, 0.25) is 5.82 Å². The van der Waals surface area contributed by atoms with Gasteiger partial charge < -0.3 is 14.4 Å². The fraction of sp³-hybridized carbons (Fsp3) is 0.200. The van der Waals surface area contributed by atoms with Crippen LogP contribution in [0, 0.1) is 0 Å². The van der Waals surface area contributed by atoms with Gasteiger partial charge in [-0.25, -0.2) is 0 Å². The molecule has 0 aliphatic heterocycles. The Morgan fingerprint density at radius 3 is 3.07 bits per heavy atom. The summed E-state index contributed by atoms with van der Waals surface area (Å²) >= 11 is 0. The Bertz CT molecular complexity index is 453. The summed E-state index contributed by atoms with van der Waals surface area (Å²) in [4.78, 5) is 4.10.